The van der Waals surface area contributed by atoms with E-state index in [1.165, 1.54) is 12.3 Å². The van der Waals surface area contributed by atoms with Crippen molar-refractivity contribution in [2.75, 3.05) is 31.3 Å². The fraction of sp³-hybridized carbons (Fsp3) is 0.133. The Morgan fingerprint density at radius 3 is 2.59 bits per heavy atom. The van der Waals surface area contributed by atoms with Gasteiger partial charge in [-0.15, -0.1) is 0 Å². The maximum Gasteiger partial charge on any atom is 0.248 e. The molecule has 1 amide bonds. The molecule has 0 bridgehead atoms. The molecule has 0 saturated heterocycles. The zero-order chi connectivity index (χ0) is 27.6. The van der Waals surface area contributed by atoms with Gasteiger partial charge in [0.05, 0.1) is 22.0 Å². The summed E-state index contributed by atoms with van der Waals surface area (Å²) in [7, 11) is 3.87. The minimum atomic E-state index is -0.204. The molecular formula is C30H27ClN6O2. The third-order valence-corrected chi connectivity index (χ3v) is 5.87. The summed E-state index contributed by atoms with van der Waals surface area (Å²) >= 11 is 6.49. The average molecular weight is 539 g/mol. The summed E-state index contributed by atoms with van der Waals surface area (Å²) < 4.78 is 5.82. The number of benzene rings is 2. The van der Waals surface area contributed by atoms with Gasteiger partial charge >= 0.3 is 0 Å². The molecule has 0 aliphatic rings. The van der Waals surface area contributed by atoms with Crippen molar-refractivity contribution < 1.29 is 9.53 Å². The molecule has 4 rings (SSSR count). The normalized spacial score (nSPS) is 10.8. The number of nitriles is 1. The van der Waals surface area contributed by atoms with Crippen LogP contribution in [-0.4, -0.2) is 41.4 Å². The highest BCUT2D eigenvalue weighted by Crippen LogP contribution is 2.35. The second kappa shape index (κ2) is 13.2. The van der Waals surface area contributed by atoms with Gasteiger partial charge in [0, 0.05) is 48.1 Å². The summed E-state index contributed by atoms with van der Waals surface area (Å²) in [5.74, 6) is 0.321. The molecule has 9 heteroatoms. The van der Waals surface area contributed by atoms with Crippen LogP contribution < -0.4 is 15.4 Å². The summed E-state index contributed by atoms with van der Waals surface area (Å²) in [5, 5.41) is 16.3. The molecule has 0 radical (unpaired) electrons. The van der Waals surface area contributed by atoms with Gasteiger partial charge in [-0.3, -0.25) is 14.8 Å². The van der Waals surface area contributed by atoms with E-state index in [1.54, 1.807) is 42.7 Å². The molecule has 2 aromatic carbocycles. The van der Waals surface area contributed by atoms with Crippen LogP contribution in [0.1, 0.15) is 11.3 Å². The number of carbonyl (C=O) groups excluding carboxylic acids is 1. The standard InChI is InChI=1S/C30H27ClN6O2/c1-37(2)15-5-7-29(38)35-23-10-8-21(9-11-23)26-19-33-18-22(17-32)30(26)36-24-12-13-28(27(31)16-24)39-20-25-6-3-4-14-34-25/h3-14,16,18-19H,15,20H2,1-2H3,(H,33,36)(H,35,38)/b7-5+. The molecule has 0 aliphatic carbocycles. The van der Waals surface area contributed by atoms with Gasteiger partial charge in [0.15, 0.2) is 0 Å². The first-order chi connectivity index (χ1) is 18.9. The lowest BCUT2D eigenvalue weighted by atomic mass is 10.0. The van der Waals surface area contributed by atoms with E-state index in [0.717, 1.165) is 16.8 Å². The average Bonchev–Trinajstić information content (AvgIpc) is 2.93. The van der Waals surface area contributed by atoms with Crippen LogP contribution in [0.5, 0.6) is 5.75 Å². The number of carbonyl (C=O) groups is 1. The molecule has 2 aromatic heterocycles. The number of ether oxygens (including phenoxy) is 1. The maximum atomic E-state index is 12.2. The number of anilines is 3. The van der Waals surface area contributed by atoms with Crippen molar-refractivity contribution in [3.8, 4) is 22.9 Å². The molecule has 0 spiro atoms. The van der Waals surface area contributed by atoms with Gasteiger partial charge in [0.25, 0.3) is 0 Å². The van der Waals surface area contributed by atoms with Gasteiger partial charge in [-0.2, -0.15) is 5.26 Å². The van der Waals surface area contributed by atoms with E-state index in [1.807, 2.05) is 55.4 Å². The fourth-order valence-corrected chi connectivity index (χ4v) is 3.90. The first-order valence-electron chi connectivity index (χ1n) is 12.1. The van der Waals surface area contributed by atoms with Crippen LogP contribution in [0.15, 0.2) is 91.4 Å². The summed E-state index contributed by atoms with van der Waals surface area (Å²) in [4.78, 5) is 22.6. The van der Waals surface area contributed by atoms with E-state index in [-0.39, 0.29) is 5.91 Å². The predicted octanol–water partition coefficient (Wildman–Crippen LogP) is 6.05. The van der Waals surface area contributed by atoms with Crippen molar-refractivity contribution in [1.82, 2.24) is 14.9 Å². The van der Waals surface area contributed by atoms with Gasteiger partial charge in [-0.05, 0) is 62.1 Å². The Kier molecular flexibility index (Phi) is 9.25. The molecule has 0 fully saturated rings. The Labute approximate surface area is 232 Å². The molecule has 39 heavy (non-hydrogen) atoms. The second-order valence-electron chi connectivity index (χ2n) is 8.83. The summed E-state index contributed by atoms with van der Waals surface area (Å²) in [5.41, 5.74) is 4.65. The van der Waals surface area contributed by atoms with E-state index >= 15 is 0 Å². The third-order valence-electron chi connectivity index (χ3n) is 5.57. The number of hydrogen-bond donors (Lipinski definition) is 2. The number of amides is 1. The quantitative estimate of drug-likeness (QED) is 0.237. The number of aromatic nitrogens is 2. The second-order valence-corrected chi connectivity index (χ2v) is 9.24. The number of pyridine rings is 2. The Morgan fingerprint density at radius 2 is 1.90 bits per heavy atom. The van der Waals surface area contributed by atoms with E-state index in [0.29, 0.717) is 46.5 Å². The predicted molar refractivity (Wildman–Crippen MR) is 154 cm³/mol. The summed E-state index contributed by atoms with van der Waals surface area (Å²) in [6.45, 7) is 0.972. The van der Waals surface area contributed by atoms with Crippen molar-refractivity contribution >= 4 is 34.6 Å². The number of nitrogens with zero attached hydrogens (tertiary/aromatic N) is 4. The van der Waals surface area contributed by atoms with E-state index in [2.05, 4.69) is 26.7 Å². The van der Waals surface area contributed by atoms with Crippen LogP contribution in [0.2, 0.25) is 5.02 Å². The molecule has 4 aromatic rings. The van der Waals surface area contributed by atoms with E-state index in [9.17, 15) is 10.1 Å². The molecule has 0 saturated carbocycles. The van der Waals surface area contributed by atoms with Gasteiger partial charge < -0.3 is 20.3 Å². The minimum Gasteiger partial charge on any atom is -0.486 e. The van der Waals surface area contributed by atoms with Crippen molar-refractivity contribution in [3.63, 3.8) is 0 Å². The van der Waals surface area contributed by atoms with Crippen LogP contribution in [-0.2, 0) is 11.4 Å². The minimum absolute atomic E-state index is 0.204. The van der Waals surface area contributed by atoms with Gasteiger partial charge in [-0.1, -0.05) is 35.9 Å². The Bertz CT molecular complexity index is 1500. The lowest BCUT2D eigenvalue weighted by molar-refractivity contribution is -0.111. The zero-order valence-electron chi connectivity index (χ0n) is 21.6. The van der Waals surface area contributed by atoms with Gasteiger partial charge in [-0.25, -0.2) is 0 Å². The SMILES string of the molecule is CN(C)C/C=C/C(=O)Nc1ccc(-c2cncc(C#N)c2Nc2ccc(OCc3ccccn3)c(Cl)c2)cc1. The molecule has 0 aliphatic heterocycles. The Hall–Kier alpha value is -4.71. The number of likely N-dealkylation sites (N-methyl/N-ethyl adjacent to an activating group) is 1. The van der Waals surface area contributed by atoms with Crippen LogP contribution in [0.25, 0.3) is 11.1 Å². The topological polar surface area (TPSA) is 103 Å². The first-order valence-corrected chi connectivity index (χ1v) is 12.5. The van der Waals surface area contributed by atoms with Crippen molar-refractivity contribution in [2.24, 2.45) is 0 Å². The molecule has 196 valence electrons. The number of hydrogen-bond acceptors (Lipinski definition) is 7. The lowest BCUT2D eigenvalue weighted by Gasteiger charge is -2.15. The number of nitrogens with one attached hydrogen (secondary N) is 2. The molecule has 2 heterocycles. The van der Waals surface area contributed by atoms with E-state index in [4.69, 9.17) is 16.3 Å². The highest BCUT2D eigenvalue weighted by molar-refractivity contribution is 6.32. The number of rotatable bonds is 10. The fourth-order valence-electron chi connectivity index (χ4n) is 3.66. The highest BCUT2D eigenvalue weighted by Gasteiger charge is 2.13. The van der Waals surface area contributed by atoms with Crippen LogP contribution in [0, 0.1) is 11.3 Å². The largest absolute Gasteiger partial charge is 0.486 e. The smallest absolute Gasteiger partial charge is 0.248 e. The Balaban J connectivity index is 1.50. The molecule has 2 N–H and O–H groups in total. The zero-order valence-corrected chi connectivity index (χ0v) is 22.3. The Morgan fingerprint density at radius 1 is 1.10 bits per heavy atom. The molecule has 8 nitrogen and oxygen atoms in total. The van der Waals surface area contributed by atoms with Crippen molar-refractivity contribution in [2.45, 2.75) is 6.61 Å². The van der Waals surface area contributed by atoms with Crippen LogP contribution >= 0.6 is 11.6 Å². The van der Waals surface area contributed by atoms with E-state index < -0.39 is 0 Å². The summed E-state index contributed by atoms with van der Waals surface area (Å²) in [6, 6.07) is 20.5. The molecule has 0 unspecified atom stereocenters. The third kappa shape index (κ3) is 7.65. The van der Waals surface area contributed by atoms with Gasteiger partial charge in [0.2, 0.25) is 5.91 Å². The number of halogens is 1. The summed E-state index contributed by atoms with van der Waals surface area (Å²) in [6.07, 6.45) is 8.21. The first kappa shape index (κ1) is 27.3. The molecule has 0 atom stereocenters. The van der Waals surface area contributed by atoms with Crippen LogP contribution in [0.3, 0.4) is 0 Å². The van der Waals surface area contributed by atoms with Crippen molar-refractivity contribution in [3.05, 3.63) is 108 Å². The molecular weight excluding hydrogens is 512 g/mol. The van der Waals surface area contributed by atoms with Gasteiger partial charge in [0.1, 0.15) is 18.4 Å². The van der Waals surface area contributed by atoms with Crippen molar-refractivity contribution in [1.29, 1.82) is 5.26 Å². The maximum absolute atomic E-state index is 12.2. The lowest BCUT2D eigenvalue weighted by Crippen LogP contribution is -2.12. The highest BCUT2D eigenvalue weighted by atomic mass is 35.5. The monoisotopic (exact) mass is 538 g/mol. The van der Waals surface area contributed by atoms with Crippen LogP contribution in [0.4, 0.5) is 17.1 Å².